The van der Waals surface area contributed by atoms with Gasteiger partial charge in [0.05, 0.1) is 12.0 Å². The minimum atomic E-state index is -1.43. The van der Waals surface area contributed by atoms with E-state index in [9.17, 15) is 14.7 Å². The minimum Gasteiger partial charge on any atom is -0.548 e. The fraction of sp³-hybridized carbons (Fsp3) is 0.125. The van der Waals surface area contributed by atoms with Gasteiger partial charge in [-0.15, -0.1) is 0 Å². The highest BCUT2D eigenvalue weighted by Crippen LogP contribution is 2.16. The van der Waals surface area contributed by atoms with Gasteiger partial charge in [0.1, 0.15) is 6.61 Å². The third kappa shape index (κ3) is 4.49. The van der Waals surface area contributed by atoms with Crippen molar-refractivity contribution >= 4 is 23.7 Å². The molecule has 2 aromatic rings. The molecule has 0 spiro atoms. The molecule has 0 radical (unpaired) electrons. The highest BCUT2D eigenvalue weighted by atomic mass is 35.5. The molecule has 0 aliphatic carbocycles. The van der Waals surface area contributed by atoms with Crippen LogP contribution < -0.4 is 10.4 Å². The third-order valence-corrected chi connectivity index (χ3v) is 3.17. The van der Waals surface area contributed by atoms with Gasteiger partial charge < -0.3 is 20.0 Å². The number of carbonyl (C=O) groups is 2. The van der Waals surface area contributed by atoms with Crippen molar-refractivity contribution in [3.8, 4) is 0 Å². The maximum atomic E-state index is 11.7. The van der Waals surface area contributed by atoms with Crippen molar-refractivity contribution in [2.75, 3.05) is 0 Å². The molecule has 2 rings (SSSR count). The van der Waals surface area contributed by atoms with Gasteiger partial charge in [-0.2, -0.15) is 0 Å². The number of benzene rings is 2. The number of amides is 1. The van der Waals surface area contributed by atoms with Gasteiger partial charge in [0.2, 0.25) is 0 Å². The molecule has 0 aliphatic rings. The first-order chi connectivity index (χ1) is 10.6. The van der Waals surface area contributed by atoms with Gasteiger partial charge in [-0.1, -0.05) is 54.1 Å². The number of carboxylic acids is 1. The van der Waals surface area contributed by atoms with E-state index < -0.39 is 18.1 Å². The first kappa shape index (κ1) is 15.9. The van der Waals surface area contributed by atoms with E-state index in [4.69, 9.17) is 16.3 Å². The highest BCUT2D eigenvalue weighted by Gasteiger charge is 2.16. The normalized spacial score (nSPS) is 11.5. The molecule has 1 amide bonds. The number of rotatable bonds is 5. The van der Waals surface area contributed by atoms with Crippen molar-refractivity contribution in [3.05, 3.63) is 70.7 Å². The summed E-state index contributed by atoms with van der Waals surface area (Å²) in [6.45, 7) is 0.0487. The highest BCUT2D eigenvalue weighted by molar-refractivity contribution is 6.30. The average Bonchev–Trinajstić information content (AvgIpc) is 2.52. The molecule has 0 fully saturated rings. The van der Waals surface area contributed by atoms with Crippen LogP contribution in [0.3, 0.4) is 0 Å². The molecule has 2 aromatic carbocycles. The quantitative estimate of drug-likeness (QED) is 0.915. The lowest BCUT2D eigenvalue weighted by Crippen LogP contribution is -2.41. The molecular weight excluding hydrogens is 306 g/mol. The second-order valence-corrected chi connectivity index (χ2v) is 4.95. The summed E-state index contributed by atoms with van der Waals surface area (Å²) in [5, 5.41) is 13.9. The van der Waals surface area contributed by atoms with Crippen molar-refractivity contribution in [1.29, 1.82) is 0 Å². The van der Waals surface area contributed by atoms with Gasteiger partial charge in [0.15, 0.2) is 0 Å². The predicted molar refractivity (Wildman–Crippen MR) is 79.0 cm³/mol. The predicted octanol–water partition coefficient (Wildman–Crippen LogP) is 2.06. The zero-order valence-corrected chi connectivity index (χ0v) is 12.2. The van der Waals surface area contributed by atoms with Crippen LogP contribution >= 0.6 is 11.6 Å². The Morgan fingerprint density at radius 3 is 2.32 bits per heavy atom. The number of aliphatic carboxylic acids is 1. The number of hydrogen-bond donors (Lipinski definition) is 1. The Morgan fingerprint density at radius 1 is 1.09 bits per heavy atom. The molecule has 0 heterocycles. The molecule has 1 N–H and O–H groups in total. The summed E-state index contributed by atoms with van der Waals surface area (Å²) in [6, 6.07) is 13.8. The van der Waals surface area contributed by atoms with Crippen LogP contribution in [0.1, 0.15) is 17.2 Å². The zero-order valence-electron chi connectivity index (χ0n) is 11.5. The van der Waals surface area contributed by atoms with Crippen molar-refractivity contribution in [2.24, 2.45) is 0 Å². The van der Waals surface area contributed by atoms with Crippen molar-refractivity contribution in [2.45, 2.75) is 12.6 Å². The monoisotopic (exact) mass is 318 g/mol. The molecule has 0 aromatic heterocycles. The van der Waals surface area contributed by atoms with Gasteiger partial charge in [-0.05, 0) is 23.3 Å². The summed E-state index contributed by atoms with van der Waals surface area (Å²) >= 11 is 5.74. The van der Waals surface area contributed by atoms with Crippen LogP contribution in [0.2, 0.25) is 5.02 Å². The van der Waals surface area contributed by atoms with Crippen LogP contribution in [0, 0.1) is 0 Å². The summed E-state index contributed by atoms with van der Waals surface area (Å²) < 4.78 is 4.99. The molecule has 1 atom stereocenters. The van der Waals surface area contributed by atoms with Gasteiger partial charge in [-0.25, -0.2) is 4.79 Å². The summed E-state index contributed by atoms with van der Waals surface area (Å²) in [5.74, 6) is -1.43. The molecule has 22 heavy (non-hydrogen) atoms. The van der Waals surface area contributed by atoms with E-state index in [0.29, 0.717) is 10.6 Å². The van der Waals surface area contributed by atoms with Crippen LogP contribution in [0.4, 0.5) is 4.79 Å². The first-order valence-electron chi connectivity index (χ1n) is 6.50. The smallest absolute Gasteiger partial charge is 0.408 e. The van der Waals surface area contributed by atoms with Crippen LogP contribution in [-0.2, 0) is 16.1 Å². The second kappa shape index (κ2) is 7.47. The molecule has 0 bridgehead atoms. The van der Waals surface area contributed by atoms with Crippen LogP contribution in [-0.4, -0.2) is 12.1 Å². The Bertz CT molecular complexity index is 643. The fourth-order valence-electron chi connectivity index (χ4n) is 1.82. The third-order valence-electron chi connectivity index (χ3n) is 2.91. The Kier molecular flexibility index (Phi) is 5.38. The van der Waals surface area contributed by atoms with Crippen LogP contribution in [0.15, 0.2) is 54.6 Å². The molecule has 5 nitrogen and oxygen atoms in total. The first-order valence-corrected chi connectivity index (χ1v) is 6.87. The van der Waals surface area contributed by atoms with E-state index in [1.54, 1.807) is 12.1 Å². The second-order valence-electron chi connectivity index (χ2n) is 4.51. The van der Waals surface area contributed by atoms with Gasteiger partial charge >= 0.3 is 6.09 Å². The summed E-state index contributed by atoms with van der Waals surface area (Å²) in [4.78, 5) is 22.9. The van der Waals surface area contributed by atoms with E-state index >= 15 is 0 Å². The van der Waals surface area contributed by atoms with Gasteiger partial charge in [-0.3, -0.25) is 0 Å². The molecule has 0 unspecified atom stereocenters. The topological polar surface area (TPSA) is 78.5 Å². The Balaban J connectivity index is 1.97. The van der Waals surface area contributed by atoms with Crippen molar-refractivity contribution in [3.63, 3.8) is 0 Å². The van der Waals surface area contributed by atoms with Gasteiger partial charge in [0, 0.05) is 5.02 Å². The molecular formula is C16H13ClNO4-. The minimum absolute atomic E-state index is 0.0487. The lowest BCUT2D eigenvalue weighted by molar-refractivity contribution is -0.308. The van der Waals surface area contributed by atoms with E-state index in [2.05, 4.69) is 5.32 Å². The van der Waals surface area contributed by atoms with E-state index in [1.807, 2.05) is 18.2 Å². The average molecular weight is 319 g/mol. The number of hydrogen-bond acceptors (Lipinski definition) is 4. The Morgan fingerprint density at radius 2 is 1.73 bits per heavy atom. The van der Waals surface area contributed by atoms with Crippen molar-refractivity contribution < 1.29 is 19.4 Å². The SMILES string of the molecule is O=C(N[C@@H](C(=O)[O-])c1ccc(Cl)cc1)OCc1ccccc1. The number of carboxylic acid groups (broad SMARTS) is 1. The lowest BCUT2D eigenvalue weighted by atomic mass is 10.1. The summed E-state index contributed by atoms with van der Waals surface area (Å²) in [7, 11) is 0. The van der Waals surface area contributed by atoms with Gasteiger partial charge in [0.25, 0.3) is 0 Å². The molecule has 0 aliphatic heterocycles. The summed E-state index contributed by atoms with van der Waals surface area (Å²) in [6.07, 6.45) is -0.840. The number of ether oxygens (including phenoxy) is 1. The van der Waals surface area contributed by atoms with Crippen LogP contribution in [0.25, 0.3) is 0 Å². The number of alkyl carbamates (subject to hydrolysis) is 1. The largest absolute Gasteiger partial charge is 0.548 e. The molecule has 114 valence electrons. The fourth-order valence-corrected chi connectivity index (χ4v) is 1.94. The van der Waals surface area contributed by atoms with E-state index in [-0.39, 0.29) is 6.61 Å². The molecule has 0 saturated heterocycles. The number of nitrogens with one attached hydrogen (secondary N) is 1. The standard InChI is InChI=1S/C16H14ClNO4/c17-13-8-6-12(7-9-13)14(15(19)20)18-16(21)22-10-11-4-2-1-3-5-11/h1-9,14H,10H2,(H,18,21)(H,19,20)/p-1/t14-/m1/s1. The Labute approximate surface area is 132 Å². The van der Waals surface area contributed by atoms with Crippen molar-refractivity contribution in [1.82, 2.24) is 5.32 Å². The van der Waals surface area contributed by atoms with E-state index in [0.717, 1.165) is 5.56 Å². The zero-order chi connectivity index (χ0) is 15.9. The number of carbonyl (C=O) groups excluding carboxylic acids is 2. The lowest BCUT2D eigenvalue weighted by Gasteiger charge is -2.20. The maximum absolute atomic E-state index is 11.7. The Hall–Kier alpha value is -2.53. The number of halogens is 1. The van der Waals surface area contributed by atoms with E-state index in [1.165, 1.54) is 24.3 Å². The summed E-state index contributed by atoms with van der Waals surface area (Å²) in [5.41, 5.74) is 1.15. The van der Waals surface area contributed by atoms with Crippen LogP contribution in [0.5, 0.6) is 0 Å². The maximum Gasteiger partial charge on any atom is 0.408 e. The molecule has 0 saturated carbocycles. The molecule has 6 heteroatoms.